The van der Waals surface area contributed by atoms with Crippen molar-refractivity contribution in [3.05, 3.63) is 35.9 Å². The zero-order valence-corrected chi connectivity index (χ0v) is 16.9. The lowest BCUT2D eigenvalue weighted by Crippen LogP contribution is -2.53. The number of ether oxygens (including phenoxy) is 2. The topological polar surface area (TPSA) is 91.7 Å². The van der Waals surface area contributed by atoms with Crippen molar-refractivity contribution in [2.45, 2.75) is 44.9 Å². The fraction of sp³-hybridized carbons (Fsp3) is 0.591. The van der Waals surface area contributed by atoms with E-state index in [-0.39, 0.29) is 24.3 Å². The molecule has 3 unspecified atom stereocenters. The van der Waals surface area contributed by atoms with E-state index in [0.29, 0.717) is 39.1 Å². The number of amides is 2. The molecule has 2 aliphatic rings. The van der Waals surface area contributed by atoms with E-state index in [2.05, 4.69) is 11.4 Å². The van der Waals surface area contributed by atoms with Crippen LogP contribution in [0.4, 0.5) is 0 Å². The number of benzene rings is 1. The van der Waals surface area contributed by atoms with Crippen molar-refractivity contribution >= 4 is 11.8 Å². The molecule has 3 rings (SSSR count). The number of hydrogen-bond donors (Lipinski definition) is 1. The first kappa shape index (κ1) is 21.3. The number of morpholine rings is 1. The standard InChI is InChI=1S/C22H29N3O4/c1-22(16-23,29-15-17-7-3-2-4-8-17)24-20(26)18-9-5-6-10-19(18)21(27)25-11-13-28-14-12-25/h2-4,7-8,18-19H,5-6,9-15H2,1H3,(H,24,26). The van der Waals surface area contributed by atoms with Gasteiger partial charge in [0.2, 0.25) is 17.5 Å². The lowest BCUT2D eigenvalue weighted by atomic mass is 9.77. The molecule has 1 heterocycles. The monoisotopic (exact) mass is 399 g/mol. The molecule has 156 valence electrons. The van der Waals surface area contributed by atoms with Crippen LogP contribution in [0.2, 0.25) is 0 Å². The van der Waals surface area contributed by atoms with Crippen molar-refractivity contribution in [3.8, 4) is 6.07 Å². The quantitative estimate of drug-likeness (QED) is 0.741. The molecule has 1 aromatic carbocycles. The Morgan fingerprint density at radius 2 is 1.86 bits per heavy atom. The van der Waals surface area contributed by atoms with Gasteiger partial charge in [0.1, 0.15) is 6.07 Å². The zero-order chi connectivity index (χ0) is 20.7. The van der Waals surface area contributed by atoms with E-state index in [1.165, 1.54) is 0 Å². The molecule has 29 heavy (non-hydrogen) atoms. The van der Waals surface area contributed by atoms with Crippen molar-refractivity contribution in [2.24, 2.45) is 11.8 Å². The molecular weight excluding hydrogens is 370 g/mol. The lowest BCUT2D eigenvalue weighted by Gasteiger charge is -2.36. The number of nitriles is 1. The minimum absolute atomic E-state index is 0.0250. The molecule has 7 heteroatoms. The van der Waals surface area contributed by atoms with Gasteiger partial charge < -0.3 is 19.7 Å². The molecule has 0 bridgehead atoms. The smallest absolute Gasteiger partial charge is 0.227 e. The molecule has 0 aromatic heterocycles. The Kier molecular flexibility index (Phi) is 7.24. The predicted molar refractivity (Wildman–Crippen MR) is 106 cm³/mol. The molecule has 1 N–H and O–H groups in total. The van der Waals surface area contributed by atoms with Gasteiger partial charge in [0, 0.05) is 24.9 Å². The van der Waals surface area contributed by atoms with E-state index < -0.39 is 11.6 Å². The van der Waals surface area contributed by atoms with E-state index in [1.54, 1.807) is 11.8 Å². The van der Waals surface area contributed by atoms with Gasteiger partial charge in [-0.1, -0.05) is 43.2 Å². The molecule has 1 aromatic rings. The van der Waals surface area contributed by atoms with Gasteiger partial charge in [-0.05, 0) is 25.3 Å². The summed E-state index contributed by atoms with van der Waals surface area (Å²) in [6.45, 7) is 3.98. The summed E-state index contributed by atoms with van der Waals surface area (Å²) in [7, 11) is 0. The Labute approximate surface area is 172 Å². The van der Waals surface area contributed by atoms with Gasteiger partial charge in [-0.2, -0.15) is 5.26 Å². The van der Waals surface area contributed by atoms with Gasteiger partial charge in [0.25, 0.3) is 0 Å². The van der Waals surface area contributed by atoms with E-state index in [1.807, 2.05) is 30.3 Å². The Bertz CT molecular complexity index is 742. The molecular formula is C22H29N3O4. The van der Waals surface area contributed by atoms with Crippen LogP contribution in [0.1, 0.15) is 38.2 Å². The van der Waals surface area contributed by atoms with Crippen LogP contribution >= 0.6 is 0 Å². The normalized spacial score (nSPS) is 24.2. The summed E-state index contributed by atoms with van der Waals surface area (Å²) in [6, 6.07) is 11.6. The maximum atomic E-state index is 13.0. The first-order valence-corrected chi connectivity index (χ1v) is 10.3. The second kappa shape index (κ2) is 9.86. The van der Waals surface area contributed by atoms with Crippen molar-refractivity contribution in [1.29, 1.82) is 5.26 Å². The van der Waals surface area contributed by atoms with Gasteiger partial charge in [-0.3, -0.25) is 9.59 Å². The minimum atomic E-state index is -1.45. The van der Waals surface area contributed by atoms with Crippen LogP contribution in [0, 0.1) is 23.2 Å². The number of hydrogen-bond acceptors (Lipinski definition) is 5. The van der Waals surface area contributed by atoms with E-state index in [9.17, 15) is 14.9 Å². The van der Waals surface area contributed by atoms with Gasteiger partial charge in [0.15, 0.2) is 0 Å². The summed E-state index contributed by atoms with van der Waals surface area (Å²) < 4.78 is 11.1. The van der Waals surface area contributed by atoms with Gasteiger partial charge in [-0.15, -0.1) is 0 Å². The van der Waals surface area contributed by atoms with E-state index in [4.69, 9.17) is 9.47 Å². The summed E-state index contributed by atoms with van der Waals surface area (Å²) in [4.78, 5) is 27.9. The third-order valence-corrected chi connectivity index (χ3v) is 5.69. The fourth-order valence-electron chi connectivity index (χ4n) is 3.98. The molecule has 2 amide bonds. The largest absolute Gasteiger partial charge is 0.378 e. The van der Waals surface area contributed by atoms with Crippen LogP contribution in [-0.2, 0) is 25.7 Å². The van der Waals surface area contributed by atoms with Crippen molar-refractivity contribution < 1.29 is 19.1 Å². The molecule has 1 saturated carbocycles. The highest BCUT2D eigenvalue weighted by atomic mass is 16.5. The van der Waals surface area contributed by atoms with Crippen molar-refractivity contribution in [3.63, 3.8) is 0 Å². The van der Waals surface area contributed by atoms with Crippen LogP contribution in [0.15, 0.2) is 30.3 Å². The Morgan fingerprint density at radius 1 is 1.21 bits per heavy atom. The molecule has 0 spiro atoms. The molecule has 0 radical (unpaired) electrons. The van der Waals surface area contributed by atoms with Crippen LogP contribution in [0.25, 0.3) is 0 Å². The second-order valence-electron chi connectivity index (χ2n) is 7.84. The van der Waals surface area contributed by atoms with Crippen molar-refractivity contribution in [2.75, 3.05) is 26.3 Å². The average Bonchev–Trinajstić information content (AvgIpc) is 2.78. The SMILES string of the molecule is CC(C#N)(NC(=O)C1CCCCC1C(=O)N1CCOCC1)OCc1ccccc1. The molecule has 3 atom stereocenters. The predicted octanol–water partition coefficient (Wildman–Crippen LogP) is 2.22. The number of rotatable bonds is 6. The summed E-state index contributed by atoms with van der Waals surface area (Å²) in [5.74, 6) is -1.04. The maximum absolute atomic E-state index is 13.0. The Morgan fingerprint density at radius 3 is 2.52 bits per heavy atom. The molecule has 1 aliphatic carbocycles. The Balaban J connectivity index is 1.64. The van der Waals surface area contributed by atoms with Gasteiger partial charge in [-0.25, -0.2) is 0 Å². The van der Waals surface area contributed by atoms with Crippen LogP contribution in [-0.4, -0.2) is 48.7 Å². The summed E-state index contributed by atoms with van der Waals surface area (Å²) in [5, 5.41) is 12.4. The third-order valence-electron chi connectivity index (χ3n) is 5.69. The summed E-state index contributed by atoms with van der Waals surface area (Å²) >= 11 is 0. The third kappa shape index (κ3) is 5.55. The second-order valence-corrected chi connectivity index (χ2v) is 7.84. The number of nitrogens with zero attached hydrogens (tertiary/aromatic N) is 2. The fourth-order valence-corrected chi connectivity index (χ4v) is 3.98. The van der Waals surface area contributed by atoms with E-state index in [0.717, 1.165) is 18.4 Å². The number of carbonyl (C=O) groups excluding carboxylic acids is 2. The zero-order valence-electron chi connectivity index (χ0n) is 16.9. The van der Waals surface area contributed by atoms with Gasteiger partial charge >= 0.3 is 0 Å². The highest BCUT2D eigenvalue weighted by molar-refractivity contribution is 5.88. The molecule has 7 nitrogen and oxygen atoms in total. The van der Waals surface area contributed by atoms with Crippen LogP contribution in [0.5, 0.6) is 0 Å². The molecule has 2 fully saturated rings. The van der Waals surface area contributed by atoms with Gasteiger partial charge in [0.05, 0.1) is 19.8 Å². The lowest BCUT2D eigenvalue weighted by molar-refractivity contribution is -0.149. The molecule has 1 aliphatic heterocycles. The van der Waals surface area contributed by atoms with Crippen molar-refractivity contribution in [1.82, 2.24) is 10.2 Å². The highest BCUT2D eigenvalue weighted by Crippen LogP contribution is 2.32. The highest BCUT2D eigenvalue weighted by Gasteiger charge is 2.40. The molecule has 1 saturated heterocycles. The summed E-state index contributed by atoms with van der Waals surface area (Å²) in [5.41, 5.74) is -0.530. The maximum Gasteiger partial charge on any atom is 0.227 e. The minimum Gasteiger partial charge on any atom is -0.378 e. The van der Waals surface area contributed by atoms with E-state index >= 15 is 0 Å². The van der Waals surface area contributed by atoms with Crippen LogP contribution < -0.4 is 5.32 Å². The number of carbonyl (C=O) groups is 2. The first-order valence-electron chi connectivity index (χ1n) is 10.3. The number of nitrogens with one attached hydrogen (secondary N) is 1. The average molecular weight is 399 g/mol. The first-order chi connectivity index (χ1) is 14.0. The van der Waals surface area contributed by atoms with Crippen LogP contribution in [0.3, 0.4) is 0 Å². The Hall–Kier alpha value is -2.43. The summed E-state index contributed by atoms with van der Waals surface area (Å²) in [6.07, 6.45) is 3.18.